The minimum atomic E-state index is -0.802. The van der Waals surface area contributed by atoms with Crippen molar-refractivity contribution in [2.24, 2.45) is 0 Å². The van der Waals surface area contributed by atoms with Crippen LogP contribution in [0.1, 0.15) is 6.92 Å². The average molecular weight is 116 g/mol. The number of aliphatic hydroxyl groups is 1. The summed E-state index contributed by atoms with van der Waals surface area (Å²) in [7, 11) is 3.80. The molecule has 1 atom stereocenters. The molecule has 2 nitrogen and oxygen atoms in total. The normalized spacial score (nSPS) is 12.8. The van der Waals surface area contributed by atoms with E-state index < -0.39 is 5.60 Å². The van der Waals surface area contributed by atoms with Gasteiger partial charge in [0.2, 0.25) is 0 Å². The molecule has 2 heteroatoms. The molecule has 0 spiro atoms. The smallest absolute Gasteiger partial charge is 0.0746 e. The lowest BCUT2D eigenvalue weighted by Crippen LogP contribution is -2.34. The number of rotatable bonds is 2. The summed E-state index contributed by atoms with van der Waals surface area (Å²) in [4.78, 5) is 1.90. The van der Waals surface area contributed by atoms with Crippen LogP contribution in [0.25, 0.3) is 0 Å². The van der Waals surface area contributed by atoms with Crippen LogP contribution in [0.3, 0.4) is 0 Å². The van der Waals surface area contributed by atoms with Gasteiger partial charge in [-0.05, 0) is 27.9 Å². The van der Waals surface area contributed by atoms with Gasteiger partial charge >= 0.3 is 0 Å². The molecule has 1 radical (unpaired) electrons. The fourth-order valence-corrected chi connectivity index (χ4v) is 0.681. The molecule has 0 amide bonds. The largest absolute Gasteiger partial charge is 0.389 e. The molecule has 8 heavy (non-hydrogen) atoms. The minimum Gasteiger partial charge on any atom is -0.389 e. The fraction of sp³-hybridized carbons (Fsp3) is 0.833. The highest BCUT2D eigenvalue weighted by Crippen LogP contribution is 1.99. The summed E-state index contributed by atoms with van der Waals surface area (Å²) in [6.07, 6.45) is 0. The van der Waals surface area contributed by atoms with E-state index in [4.69, 9.17) is 5.11 Å². The van der Waals surface area contributed by atoms with Crippen LogP contribution in [0, 0.1) is 6.92 Å². The van der Waals surface area contributed by atoms with E-state index in [1.54, 1.807) is 6.92 Å². The summed E-state index contributed by atoms with van der Waals surface area (Å²) in [6.45, 7) is 5.82. The lowest BCUT2D eigenvalue weighted by atomic mass is 10.1. The SMILES string of the molecule is [CH2]C(C)(O)CN(C)C. The molecule has 0 saturated heterocycles. The second-order valence-electron chi connectivity index (χ2n) is 2.73. The monoisotopic (exact) mass is 116 g/mol. The van der Waals surface area contributed by atoms with Crippen LogP contribution in [0.4, 0.5) is 0 Å². The Bertz CT molecular complexity index is 63.4. The van der Waals surface area contributed by atoms with E-state index in [2.05, 4.69) is 6.92 Å². The van der Waals surface area contributed by atoms with Gasteiger partial charge in [-0.25, -0.2) is 0 Å². The molecule has 0 aromatic heterocycles. The zero-order valence-electron chi connectivity index (χ0n) is 5.81. The summed E-state index contributed by atoms with van der Waals surface area (Å²) in [5.41, 5.74) is -0.802. The first-order chi connectivity index (χ1) is 3.42. The Morgan fingerprint density at radius 2 is 2.00 bits per heavy atom. The molecule has 0 saturated carbocycles. The summed E-state index contributed by atoms with van der Waals surface area (Å²) in [5.74, 6) is 0. The Labute approximate surface area is 51.1 Å². The van der Waals surface area contributed by atoms with Gasteiger partial charge in [0, 0.05) is 6.54 Å². The second-order valence-corrected chi connectivity index (χ2v) is 2.73. The van der Waals surface area contributed by atoms with Gasteiger partial charge in [-0.1, -0.05) is 0 Å². The highest BCUT2D eigenvalue weighted by Gasteiger charge is 2.12. The molecule has 0 rings (SSSR count). The van der Waals surface area contributed by atoms with Crippen molar-refractivity contribution >= 4 is 0 Å². The van der Waals surface area contributed by atoms with Gasteiger partial charge in [0.05, 0.1) is 5.60 Å². The van der Waals surface area contributed by atoms with Crippen LogP contribution in [-0.4, -0.2) is 36.2 Å². The third-order valence-electron chi connectivity index (χ3n) is 0.657. The van der Waals surface area contributed by atoms with E-state index in [0.29, 0.717) is 6.54 Å². The molecule has 0 fully saturated rings. The van der Waals surface area contributed by atoms with E-state index in [-0.39, 0.29) is 0 Å². The van der Waals surface area contributed by atoms with Crippen LogP contribution < -0.4 is 0 Å². The zero-order chi connectivity index (χ0) is 6.78. The van der Waals surface area contributed by atoms with E-state index >= 15 is 0 Å². The summed E-state index contributed by atoms with van der Waals surface area (Å²) in [6, 6.07) is 0. The van der Waals surface area contributed by atoms with Crippen LogP contribution in [0.5, 0.6) is 0 Å². The van der Waals surface area contributed by atoms with Crippen LogP contribution in [0.2, 0.25) is 0 Å². The van der Waals surface area contributed by atoms with Crippen LogP contribution in [0.15, 0.2) is 0 Å². The van der Waals surface area contributed by atoms with Crippen molar-refractivity contribution in [2.75, 3.05) is 20.6 Å². The molecular formula is C6H14NO. The van der Waals surface area contributed by atoms with Crippen molar-refractivity contribution in [1.82, 2.24) is 4.90 Å². The maximum Gasteiger partial charge on any atom is 0.0746 e. The van der Waals surface area contributed by atoms with E-state index in [1.165, 1.54) is 0 Å². The third-order valence-corrected chi connectivity index (χ3v) is 0.657. The molecule has 0 aromatic carbocycles. The molecule has 0 aliphatic carbocycles. The Morgan fingerprint density at radius 1 is 1.62 bits per heavy atom. The number of hydrogen-bond acceptors (Lipinski definition) is 2. The number of nitrogens with zero attached hydrogens (tertiary/aromatic N) is 1. The first-order valence-corrected chi connectivity index (χ1v) is 2.64. The quantitative estimate of drug-likeness (QED) is 0.554. The number of likely N-dealkylation sites (N-methyl/N-ethyl adjacent to an activating group) is 1. The molecule has 1 N–H and O–H groups in total. The molecule has 1 unspecified atom stereocenters. The van der Waals surface area contributed by atoms with E-state index in [0.717, 1.165) is 0 Å². The highest BCUT2D eigenvalue weighted by molar-refractivity contribution is 4.76. The van der Waals surface area contributed by atoms with Crippen molar-refractivity contribution in [1.29, 1.82) is 0 Å². The van der Waals surface area contributed by atoms with Gasteiger partial charge < -0.3 is 10.0 Å². The lowest BCUT2D eigenvalue weighted by Gasteiger charge is -2.21. The first kappa shape index (κ1) is 7.92. The average Bonchev–Trinajstić information content (AvgIpc) is 1.21. The Balaban J connectivity index is 3.39. The van der Waals surface area contributed by atoms with Gasteiger partial charge in [-0.3, -0.25) is 0 Å². The predicted octanol–water partition coefficient (Wildman–Crippen LogP) is 0.133. The summed E-state index contributed by atoms with van der Waals surface area (Å²) in [5, 5.41) is 9.04. The molecule has 49 valence electrons. The molecule has 0 aliphatic rings. The van der Waals surface area contributed by atoms with Crippen LogP contribution >= 0.6 is 0 Å². The predicted molar refractivity (Wildman–Crippen MR) is 34.5 cm³/mol. The van der Waals surface area contributed by atoms with E-state index in [9.17, 15) is 0 Å². The minimum absolute atomic E-state index is 0.604. The van der Waals surface area contributed by atoms with Crippen LogP contribution in [-0.2, 0) is 0 Å². The maximum atomic E-state index is 9.04. The van der Waals surface area contributed by atoms with Crippen molar-refractivity contribution in [2.45, 2.75) is 12.5 Å². The Morgan fingerprint density at radius 3 is 2.00 bits per heavy atom. The zero-order valence-corrected chi connectivity index (χ0v) is 5.81. The molecule has 0 heterocycles. The van der Waals surface area contributed by atoms with Gasteiger partial charge in [-0.2, -0.15) is 0 Å². The van der Waals surface area contributed by atoms with Gasteiger partial charge in [-0.15, -0.1) is 0 Å². The highest BCUT2D eigenvalue weighted by atomic mass is 16.3. The van der Waals surface area contributed by atoms with Gasteiger partial charge in [0.1, 0.15) is 0 Å². The Hall–Kier alpha value is -0.0800. The molecular weight excluding hydrogens is 102 g/mol. The van der Waals surface area contributed by atoms with Gasteiger partial charge in [0.15, 0.2) is 0 Å². The van der Waals surface area contributed by atoms with Crippen molar-refractivity contribution in [3.05, 3.63) is 6.92 Å². The Kier molecular flexibility index (Phi) is 2.44. The summed E-state index contributed by atoms with van der Waals surface area (Å²) < 4.78 is 0. The standard InChI is InChI=1S/C6H14NO/c1-6(2,8)5-7(3)4/h8H,1,5H2,2-4H3. The molecule has 0 aromatic rings. The summed E-state index contributed by atoms with van der Waals surface area (Å²) >= 11 is 0. The van der Waals surface area contributed by atoms with E-state index in [1.807, 2.05) is 19.0 Å². The fourth-order valence-electron chi connectivity index (χ4n) is 0.681. The lowest BCUT2D eigenvalue weighted by molar-refractivity contribution is 0.0771. The second kappa shape index (κ2) is 2.46. The third kappa shape index (κ3) is 5.92. The number of hydrogen-bond donors (Lipinski definition) is 1. The first-order valence-electron chi connectivity index (χ1n) is 2.64. The van der Waals surface area contributed by atoms with Crippen molar-refractivity contribution in [3.8, 4) is 0 Å². The van der Waals surface area contributed by atoms with Crippen molar-refractivity contribution in [3.63, 3.8) is 0 Å². The molecule has 0 bridgehead atoms. The van der Waals surface area contributed by atoms with Gasteiger partial charge in [0.25, 0.3) is 0 Å². The van der Waals surface area contributed by atoms with Crippen molar-refractivity contribution < 1.29 is 5.11 Å². The maximum absolute atomic E-state index is 9.04. The topological polar surface area (TPSA) is 23.5 Å². The molecule has 0 aliphatic heterocycles.